The molecule has 1 fully saturated rings. The topological polar surface area (TPSA) is 33.2 Å². The fraction of sp³-hybridized carbons (Fsp3) is 0.538. The van der Waals surface area contributed by atoms with Gasteiger partial charge in [0.05, 0.1) is 0 Å². The van der Waals surface area contributed by atoms with Crippen LogP contribution in [0.3, 0.4) is 0 Å². The van der Waals surface area contributed by atoms with Crippen molar-refractivity contribution in [2.24, 2.45) is 0 Å². The van der Waals surface area contributed by atoms with Crippen molar-refractivity contribution in [3.63, 3.8) is 0 Å². The Morgan fingerprint density at radius 1 is 1.31 bits per heavy atom. The summed E-state index contributed by atoms with van der Waals surface area (Å²) in [5.74, 6) is 1.13. The van der Waals surface area contributed by atoms with Crippen molar-refractivity contribution in [1.29, 1.82) is 0 Å². The van der Waals surface area contributed by atoms with Gasteiger partial charge in [0.15, 0.2) is 0 Å². The second-order valence-corrected chi connectivity index (χ2v) is 6.00. The molecule has 1 saturated heterocycles. The molecule has 2 nitrogen and oxygen atoms in total. The zero-order chi connectivity index (χ0) is 11.5. The van der Waals surface area contributed by atoms with E-state index in [-0.39, 0.29) is 0 Å². The van der Waals surface area contributed by atoms with Gasteiger partial charge in [-0.15, -0.1) is 0 Å². The molecule has 16 heavy (non-hydrogen) atoms. The van der Waals surface area contributed by atoms with Crippen LogP contribution in [0.15, 0.2) is 18.2 Å². The number of hydrogen-bond donors (Lipinski definition) is 2. The van der Waals surface area contributed by atoms with Gasteiger partial charge in [-0.05, 0) is 49.2 Å². The fourth-order valence-corrected chi connectivity index (χ4v) is 3.23. The standard InChI is InChI=1S/C13H20N2S/c1-9-4-5-12(6-10(9)2)8-16-13-14-7-11(3)15-13/h4-6,11,13-15H,7-8H2,1-3H3/p+2/t11-,13+/m0/s1. The van der Waals surface area contributed by atoms with Crippen LogP contribution in [0, 0.1) is 13.8 Å². The molecule has 4 N–H and O–H groups in total. The smallest absolute Gasteiger partial charge is 0.259 e. The van der Waals surface area contributed by atoms with E-state index in [2.05, 4.69) is 49.6 Å². The molecule has 2 rings (SSSR count). The van der Waals surface area contributed by atoms with Gasteiger partial charge >= 0.3 is 0 Å². The molecule has 1 heterocycles. The second kappa shape index (κ2) is 5.21. The van der Waals surface area contributed by atoms with Crippen molar-refractivity contribution in [3.8, 4) is 0 Å². The minimum absolute atomic E-state index is 0.664. The Morgan fingerprint density at radius 2 is 2.12 bits per heavy atom. The molecule has 0 aromatic heterocycles. The van der Waals surface area contributed by atoms with Gasteiger partial charge in [-0.25, -0.2) is 0 Å². The first kappa shape index (κ1) is 12.0. The van der Waals surface area contributed by atoms with E-state index < -0.39 is 0 Å². The highest BCUT2D eigenvalue weighted by molar-refractivity contribution is 7.98. The van der Waals surface area contributed by atoms with Crippen LogP contribution in [0.5, 0.6) is 0 Å². The zero-order valence-corrected chi connectivity index (χ0v) is 11.2. The summed E-state index contributed by atoms with van der Waals surface area (Å²) < 4.78 is 0. The van der Waals surface area contributed by atoms with Gasteiger partial charge in [0.1, 0.15) is 12.6 Å². The summed E-state index contributed by atoms with van der Waals surface area (Å²) in [6.45, 7) is 7.92. The van der Waals surface area contributed by atoms with E-state index in [9.17, 15) is 0 Å². The van der Waals surface area contributed by atoms with E-state index in [0.717, 1.165) is 11.8 Å². The molecule has 3 heteroatoms. The molecular formula is C13H22N2S+2. The van der Waals surface area contributed by atoms with Gasteiger partial charge in [-0.1, -0.05) is 18.2 Å². The molecule has 0 radical (unpaired) electrons. The molecule has 0 bridgehead atoms. The van der Waals surface area contributed by atoms with Crippen molar-refractivity contribution in [1.82, 2.24) is 0 Å². The SMILES string of the molecule is Cc1ccc(CS[C@@H]2[NH2+]C[C@H](C)[NH2+]2)cc1C. The molecule has 88 valence electrons. The lowest BCUT2D eigenvalue weighted by molar-refractivity contribution is -0.812. The molecular weight excluding hydrogens is 216 g/mol. The maximum Gasteiger partial charge on any atom is 0.259 e. The minimum atomic E-state index is 0.664. The number of thioether (sulfide) groups is 1. The molecule has 0 unspecified atom stereocenters. The molecule has 0 spiro atoms. The summed E-state index contributed by atoms with van der Waals surface area (Å²) in [4.78, 5) is 0. The predicted octanol–water partition coefficient (Wildman–Crippen LogP) is 0.349. The second-order valence-electron chi connectivity index (χ2n) is 4.84. The van der Waals surface area contributed by atoms with E-state index >= 15 is 0 Å². The van der Waals surface area contributed by atoms with Crippen molar-refractivity contribution < 1.29 is 10.6 Å². The normalized spacial score (nSPS) is 24.9. The highest BCUT2D eigenvalue weighted by Gasteiger charge is 2.27. The molecule has 1 aromatic carbocycles. The van der Waals surface area contributed by atoms with Gasteiger partial charge in [-0.2, -0.15) is 0 Å². The van der Waals surface area contributed by atoms with Crippen molar-refractivity contribution in [2.75, 3.05) is 6.54 Å². The quantitative estimate of drug-likeness (QED) is 0.783. The molecule has 0 saturated carbocycles. The van der Waals surface area contributed by atoms with Crippen molar-refractivity contribution in [3.05, 3.63) is 34.9 Å². The van der Waals surface area contributed by atoms with Crippen LogP contribution in [0.2, 0.25) is 0 Å². The number of quaternary nitrogens is 2. The van der Waals surface area contributed by atoms with Crippen LogP contribution in [-0.4, -0.2) is 18.1 Å². The van der Waals surface area contributed by atoms with Crippen LogP contribution >= 0.6 is 11.8 Å². The Kier molecular flexibility index (Phi) is 3.90. The summed E-state index contributed by atoms with van der Waals surface area (Å²) >= 11 is 2.04. The average molecular weight is 238 g/mol. The fourth-order valence-electron chi connectivity index (χ4n) is 2.04. The van der Waals surface area contributed by atoms with Crippen LogP contribution in [-0.2, 0) is 5.75 Å². The molecule has 1 aromatic rings. The number of rotatable bonds is 3. The van der Waals surface area contributed by atoms with E-state index in [1.165, 1.54) is 23.2 Å². The number of hydrogen-bond acceptors (Lipinski definition) is 1. The first-order chi connectivity index (χ1) is 7.65. The summed E-state index contributed by atoms with van der Waals surface area (Å²) in [6, 6.07) is 7.59. The maximum atomic E-state index is 2.46. The van der Waals surface area contributed by atoms with Gasteiger partial charge < -0.3 is 0 Å². The Balaban J connectivity index is 1.87. The van der Waals surface area contributed by atoms with Gasteiger partial charge in [0.2, 0.25) is 0 Å². The first-order valence-electron chi connectivity index (χ1n) is 6.01. The molecule has 2 atom stereocenters. The van der Waals surface area contributed by atoms with Crippen molar-refractivity contribution >= 4 is 11.8 Å². The van der Waals surface area contributed by atoms with E-state index in [1.54, 1.807) is 0 Å². The van der Waals surface area contributed by atoms with Gasteiger partial charge in [0, 0.05) is 5.75 Å². The van der Waals surface area contributed by atoms with Crippen LogP contribution in [0.25, 0.3) is 0 Å². The van der Waals surface area contributed by atoms with E-state index in [0.29, 0.717) is 5.50 Å². The lowest BCUT2D eigenvalue weighted by Gasteiger charge is -2.07. The third-order valence-electron chi connectivity index (χ3n) is 3.27. The highest BCUT2D eigenvalue weighted by Crippen LogP contribution is 2.16. The maximum absolute atomic E-state index is 2.46. The van der Waals surface area contributed by atoms with Crippen LogP contribution in [0.4, 0.5) is 0 Å². The van der Waals surface area contributed by atoms with Crippen LogP contribution in [0.1, 0.15) is 23.6 Å². The Hall–Kier alpha value is -0.510. The third kappa shape index (κ3) is 3.00. The first-order valence-corrected chi connectivity index (χ1v) is 7.06. The molecule has 1 aliphatic heterocycles. The summed E-state index contributed by atoms with van der Waals surface area (Å²) in [5, 5.41) is 4.90. The molecule has 0 aliphatic carbocycles. The third-order valence-corrected chi connectivity index (χ3v) is 4.51. The molecule has 1 aliphatic rings. The largest absolute Gasteiger partial charge is 0.283 e. The van der Waals surface area contributed by atoms with Crippen LogP contribution < -0.4 is 10.6 Å². The Morgan fingerprint density at radius 3 is 2.75 bits per heavy atom. The Labute approximate surface area is 102 Å². The summed E-state index contributed by atoms with van der Waals surface area (Å²) in [7, 11) is 0. The lowest BCUT2D eigenvalue weighted by Crippen LogP contribution is -3.02. The Bertz CT molecular complexity index is 365. The highest BCUT2D eigenvalue weighted by atomic mass is 32.2. The molecule has 0 amide bonds. The zero-order valence-electron chi connectivity index (χ0n) is 10.4. The predicted molar refractivity (Wildman–Crippen MR) is 69.2 cm³/mol. The number of aryl methyl sites for hydroxylation is 2. The average Bonchev–Trinajstić information content (AvgIpc) is 2.66. The summed E-state index contributed by atoms with van der Waals surface area (Å²) in [5.41, 5.74) is 4.92. The van der Waals surface area contributed by atoms with E-state index in [4.69, 9.17) is 0 Å². The lowest BCUT2D eigenvalue weighted by atomic mass is 10.1. The number of nitrogens with two attached hydrogens (primary N) is 2. The van der Waals surface area contributed by atoms with E-state index in [1.807, 2.05) is 11.8 Å². The van der Waals surface area contributed by atoms with Gasteiger partial charge in [-0.3, -0.25) is 10.6 Å². The monoisotopic (exact) mass is 238 g/mol. The van der Waals surface area contributed by atoms with Gasteiger partial charge in [0.25, 0.3) is 5.50 Å². The number of benzene rings is 1. The van der Waals surface area contributed by atoms with Crippen molar-refractivity contribution in [2.45, 2.75) is 38.1 Å². The minimum Gasteiger partial charge on any atom is -0.283 e. The summed E-state index contributed by atoms with van der Waals surface area (Å²) in [6.07, 6.45) is 0.